The molecule has 0 saturated heterocycles. The summed E-state index contributed by atoms with van der Waals surface area (Å²) in [5.74, 6) is -0.774. The van der Waals surface area contributed by atoms with Crippen LogP contribution in [0.2, 0.25) is 9.45 Å². The second-order valence-electron chi connectivity index (χ2n) is 9.38. The van der Waals surface area contributed by atoms with E-state index in [1.54, 1.807) is 24.3 Å². The molecule has 0 radical (unpaired) electrons. The van der Waals surface area contributed by atoms with E-state index in [1.807, 2.05) is 41.6 Å². The van der Waals surface area contributed by atoms with E-state index in [0.717, 1.165) is 38.5 Å². The van der Waals surface area contributed by atoms with Gasteiger partial charge in [0.25, 0.3) is 0 Å². The molecule has 0 heterocycles. The van der Waals surface area contributed by atoms with Crippen molar-refractivity contribution in [3.63, 3.8) is 0 Å². The van der Waals surface area contributed by atoms with Crippen molar-refractivity contribution in [3.05, 3.63) is 94.1 Å². The fourth-order valence-corrected chi connectivity index (χ4v) is 10.7. The Kier molecular flexibility index (Phi) is 6.40. The number of carbonyl (C=O) groups excluding carboxylic acids is 2. The summed E-state index contributed by atoms with van der Waals surface area (Å²) in [5, 5.41) is 1.97. The van der Waals surface area contributed by atoms with Crippen LogP contribution in [-0.2, 0) is 24.0 Å². The van der Waals surface area contributed by atoms with Crippen molar-refractivity contribution < 1.29 is 33.6 Å². The predicted octanol–water partition coefficient (Wildman–Crippen LogP) is 7.28. The van der Waals surface area contributed by atoms with Crippen LogP contribution in [0.25, 0.3) is 0 Å². The van der Waals surface area contributed by atoms with Crippen LogP contribution in [0.5, 0.6) is 0 Å². The molecule has 0 bridgehead atoms. The molecule has 170 valence electrons. The molecule has 0 saturated carbocycles. The molecule has 33 heavy (non-hydrogen) atoms. The van der Waals surface area contributed by atoms with Gasteiger partial charge < -0.3 is 0 Å². The van der Waals surface area contributed by atoms with Gasteiger partial charge in [-0.3, -0.25) is 0 Å². The summed E-state index contributed by atoms with van der Waals surface area (Å²) in [5.41, 5.74) is 6.78. The van der Waals surface area contributed by atoms with Gasteiger partial charge in [-0.15, -0.1) is 0 Å². The molecule has 0 amide bonds. The van der Waals surface area contributed by atoms with Crippen molar-refractivity contribution in [2.75, 3.05) is 0 Å². The van der Waals surface area contributed by atoms with Gasteiger partial charge in [0.2, 0.25) is 0 Å². The molecule has 0 aliphatic heterocycles. The van der Waals surface area contributed by atoms with Crippen LogP contribution in [0, 0.1) is 0 Å². The van der Waals surface area contributed by atoms with Crippen LogP contribution in [0.15, 0.2) is 83.0 Å². The number of allylic oxidation sites excluding steroid dienone is 4. The summed E-state index contributed by atoms with van der Waals surface area (Å²) in [7, 11) is 0. The zero-order chi connectivity index (χ0) is 22.8. The standard InChI is InChI=1S/C13H17.2C7H6O2.CH3.Ti/c1-3-7-12-10(5-1)9-11-6-2-4-8-13(11)12;2*8-7(9)6-4-2-1-3-5-6;;/h9H,1-8H2;2*1-5H,(H,8,9);1H3;/q;;;;+2/p-2. The first kappa shape index (κ1) is 22.4. The maximum absolute atomic E-state index is 13.3. The minimum atomic E-state index is -4.01. The molecule has 2 aromatic rings. The number of hydrogen-bond acceptors (Lipinski definition) is 4. The third kappa shape index (κ3) is 4.39. The van der Waals surface area contributed by atoms with Gasteiger partial charge >= 0.3 is 200 Å². The summed E-state index contributed by atoms with van der Waals surface area (Å²) in [6.45, 7) is 0. The van der Waals surface area contributed by atoms with Crippen molar-refractivity contribution in [2.24, 2.45) is 0 Å². The molecule has 3 aliphatic rings. The van der Waals surface area contributed by atoms with E-state index in [9.17, 15) is 9.59 Å². The Morgan fingerprint density at radius 2 is 1.06 bits per heavy atom. The van der Waals surface area contributed by atoms with Crippen LogP contribution >= 0.6 is 0 Å². The van der Waals surface area contributed by atoms with Crippen molar-refractivity contribution in [2.45, 2.75) is 60.8 Å². The molecule has 4 nitrogen and oxygen atoms in total. The van der Waals surface area contributed by atoms with Gasteiger partial charge in [-0.2, -0.15) is 0 Å². The average molecular weight is 478 g/mol. The van der Waals surface area contributed by atoms with Crippen LogP contribution in [0.3, 0.4) is 0 Å². The predicted molar refractivity (Wildman–Crippen MR) is 124 cm³/mol. The van der Waals surface area contributed by atoms with Gasteiger partial charge in [0.15, 0.2) is 0 Å². The molecule has 0 spiro atoms. The van der Waals surface area contributed by atoms with Crippen molar-refractivity contribution >= 4 is 11.9 Å². The molecule has 5 rings (SSSR count). The Morgan fingerprint density at radius 3 is 1.48 bits per heavy atom. The second kappa shape index (κ2) is 9.44. The molecule has 5 heteroatoms. The Hall–Kier alpha value is -2.43. The van der Waals surface area contributed by atoms with E-state index in [4.69, 9.17) is 6.64 Å². The first-order chi connectivity index (χ1) is 16.1. The summed E-state index contributed by atoms with van der Waals surface area (Å²) in [6, 6.07) is 18.1. The van der Waals surface area contributed by atoms with Crippen molar-refractivity contribution in [1.29, 1.82) is 0 Å². The number of benzene rings is 2. The molecular formula is C28H30O4Ti. The molecule has 0 fully saturated rings. The monoisotopic (exact) mass is 478 g/mol. The Morgan fingerprint density at radius 1 is 0.667 bits per heavy atom. The quantitative estimate of drug-likeness (QED) is 0.424. The summed E-state index contributed by atoms with van der Waals surface area (Å²) in [4.78, 5) is 26.5. The molecule has 3 aliphatic carbocycles. The molecule has 0 aromatic heterocycles. The van der Waals surface area contributed by atoms with E-state index < -0.39 is 17.4 Å². The number of rotatable bonds is 5. The third-order valence-corrected chi connectivity index (χ3v) is 11.8. The van der Waals surface area contributed by atoms with E-state index in [0.29, 0.717) is 11.1 Å². The topological polar surface area (TPSA) is 52.6 Å². The fraction of sp³-hybridized carbons (Fsp3) is 0.357. The van der Waals surface area contributed by atoms with E-state index in [2.05, 4.69) is 0 Å². The van der Waals surface area contributed by atoms with Gasteiger partial charge in [-0.25, -0.2) is 0 Å². The molecule has 0 N–H and O–H groups in total. The van der Waals surface area contributed by atoms with Crippen molar-refractivity contribution in [3.8, 4) is 0 Å². The van der Waals surface area contributed by atoms with Gasteiger partial charge in [0, 0.05) is 0 Å². The molecule has 2 aromatic carbocycles. The third-order valence-electron chi connectivity index (χ3n) is 7.22. The zero-order valence-electron chi connectivity index (χ0n) is 19.1. The van der Waals surface area contributed by atoms with Gasteiger partial charge in [0.05, 0.1) is 0 Å². The molecular weight excluding hydrogens is 448 g/mol. The first-order valence-electron chi connectivity index (χ1n) is 12.1. The maximum atomic E-state index is 13.3. The van der Waals surface area contributed by atoms with Crippen LogP contribution < -0.4 is 0 Å². The number of carbonyl (C=O) groups is 2. The Labute approximate surface area is 200 Å². The second-order valence-corrected chi connectivity index (χ2v) is 14.1. The zero-order valence-corrected chi connectivity index (χ0v) is 20.7. The van der Waals surface area contributed by atoms with Crippen LogP contribution in [-0.4, -0.2) is 11.9 Å². The summed E-state index contributed by atoms with van der Waals surface area (Å²) >= 11 is -4.01. The summed E-state index contributed by atoms with van der Waals surface area (Å²) < 4.78 is 12.7. The summed E-state index contributed by atoms with van der Waals surface area (Å²) in [6.07, 6.45) is 8.93. The minimum absolute atomic E-state index is 0.0177. The van der Waals surface area contributed by atoms with Gasteiger partial charge in [-0.1, -0.05) is 0 Å². The Balaban J connectivity index is 1.55. The normalized spacial score (nSPS) is 18.6. The number of fused-ring (bicyclic) bond motifs is 1. The van der Waals surface area contributed by atoms with Crippen molar-refractivity contribution in [1.82, 2.24) is 0 Å². The molecule has 0 atom stereocenters. The average Bonchev–Trinajstić information content (AvgIpc) is 3.20. The fourth-order valence-electron chi connectivity index (χ4n) is 5.80. The van der Waals surface area contributed by atoms with E-state index >= 15 is 0 Å². The van der Waals surface area contributed by atoms with Crippen LogP contribution in [0.4, 0.5) is 0 Å². The van der Waals surface area contributed by atoms with E-state index in [-0.39, 0.29) is 16.2 Å². The SMILES string of the molecule is [CH3][Ti]([O]C(=O)c1ccccc1)([O]C(=O)c1ccccc1)[CH]1C2=C(CCCC2)C2=C1CCCC2. The first-order valence-corrected chi connectivity index (χ1v) is 15.8. The van der Waals surface area contributed by atoms with Gasteiger partial charge in [0.1, 0.15) is 0 Å². The van der Waals surface area contributed by atoms with E-state index in [1.165, 1.54) is 35.1 Å². The molecule has 0 unspecified atom stereocenters. The van der Waals surface area contributed by atoms with Gasteiger partial charge in [-0.05, 0) is 0 Å². The Bertz CT molecular complexity index is 1030. The number of hydrogen-bond donors (Lipinski definition) is 0. The van der Waals surface area contributed by atoms with Crippen LogP contribution in [0.1, 0.15) is 72.1 Å².